The zero-order valence-corrected chi connectivity index (χ0v) is 15.7. The summed E-state index contributed by atoms with van der Waals surface area (Å²) in [5.41, 5.74) is 7.44. The van der Waals surface area contributed by atoms with Gasteiger partial charge in [0.05, 0.1) is 0 Å². The predicted molar refractivity (Wildman–Crippen MR) is 112 cm³/mol. The third kappa shape index (κ3) is 3.19. The second-order valence-electron chi connectivity index (χ2n) is 7.04. The fourth-order valence-corrected chi connectivity index (χ4v) is 3.85. The van der Waals surface area contributed by atoms with E-state index in [4.69, 9.17) is 0 Å². The first-order valence-corrected chi connectivity index (χ1v) is 9.36. The van der Waals surface area contributed by atoms with E-state index in [2.05, 4.69) is 55.6 Å². The van der Waals surface area contributed by atoms with E-state index in [9.17, 15) is 4.79 Å². The van der Waals surface area contributed by atoms with Crippen LogP contribution < -0.4 is 5.32 Å². The third-order valence-electron chi connectivity index (χ3n) is 5.41. The topological polar surface area (TPSA) is 29.1 Å². The molecule has 2 nitrogen and oxygen atoms in total. The molecule has 0 saturated carbocycles. The molecule has 1 atom stereocenters. The van der Waals surface area contributed by atoms with Crippen LogP contribution in [0.2, 0.25) is 0 Å². The van der Waals surface area contributed by atoms with Crippen LogP contribution in [0.15, 0.2) is 78.9 Å². The summed E-state index contributed by atoms with van der Waals surface area (Å²) in [5.74, 6) is 0.238. The van der Waals surface area contributed by atoms with Gasteiger partial charge in [-0.1, -0.05) is 66.7 Å². The molecule has 4 rings (SSSR count). The number of para-hydroxylation sites is 1. The highest BCUT2D eigenvalue weighted by molar-refractivity contribution is 6.13. The van der Waals surface area contributed by atoms with Crippen molar-refractivity contribution < 1.29 is 4.79 Å². The molecule has 1 aliphatic rings. The molecular weight excluding hydrogens is 330 g/mol. The van der Waals surface area contributed by atoms with Crippen LogP contribution in [0.3, 0.4) is 0 Å². The predicted octanol–water partition coefficient (Wildman–Crippen LogP) is 5.65. The van der Waals surface area contributed by atoms with E-state index >= 15 is 0 Å². The van der Waals surface area contributed by atoms with Gasteiger partial charge in [-0.3, -0.25) is 4.79 Å². The van der Waals surface area contributed by atoms with Gasteiger partial charge in [0.15, 0.2) is 5.78 Å². The van der Waals surface area contributed by atoms with Crippen LogP contribution >= 0.6 is 0 Å². The van der Waals surface area contributed by atoms with Gasteiger partial charge in [-0.15, -0.1) is 0 Å². The van der Waals surface area contributed by atoms with Gasteiger partial charge < -0.3 is 5.32 Å². The Balaban J connectivity index is 1.69. The van der Waals surface area contributed by atoms with Crippen LogP contribution in [0.1, 0.15) is 44.1 Å². The lowest BCUT2D eigenvalue weighted by Gasteiger charge is -2.28. The molecule has 27 heavy (non-hydrogen) atoms. The molecule has 3 aromatic carbocycles. The van der Waals surface area contributed by atoms with Crippen molar-refractivity contribution in [3.63, 3.8) is 0 Å². The van der Waals surface area contributed by atoms with Crippen LogP contribution in [-0.2, 0) is 0 Å². The van der Waals surface area contributed by atoms with Crippen LogP contribution in [0, 0.1) is 13.8 Å². The molecule has 3 aromatic rings. The maximum Gasteiger partial charge on any atom is 0.193 e. The average molecular weight is 353 g/mol. The number of hydrogen-bond donors (Lipinski definition) is 1. The molecule has 1 aliphatic carbocycles. The summed E-state index contributed by atoms with van der Waals surface area (Å²) in [5, 5.41) is 3.41. The van der Waals surface area contributed by atoms with Crippen molar-refractivity contribution in [1.29, 1.82) is 0 Å². The Kier molecular flexibility index (Phi) is 4.64. The Bertz CT molecular complexity index is 1020. The number of carbonyl (C=O) groups excluding carboxylic acids is 1. The number of benzene rings is 3. The average Bonchev–Trinajstić information content (AvgIpc) is 2.71. The second kappa shape index (κ2) is 7.24. The summed E-state index contributed by atoms with van der Waals surface area (Å²) in [6.45, 7) is 4.98. The highest BCUT2D eigenvalue weighted by Gasteiger charge is 2.30. The fraction of sp³-hybridized carbons (Fsp3) is 0.160. The molecule has 0 amide bonds. The van der Waals surface area contributed by atoms with Gasteiger partial charge in [0.1, 0.15) is 0 Å². The molecule has 0 saturated heterocycles. The van der Waals surface area contributed by atoms with Crippen molar-refractivity contribution in [2.75, 3.05) is 11.9 Å². The first kappa shape index (κ1) is 17.3. The van der Waals surface area contributed by atoms with Crippen molar-refractivity contribution >= 4 is 11.5 Å². The number of rotatable bonds is 4. The number of ketones is 1. The minimum atomic E-state index is 0.103. The van der Waals surface area contributed by atoms with Gasteiger partial charge in [0, 0.05) is 29.3 Å². The SMILES string of the molecule is Cc1ccc2c(c1C)C(/C=C/CNc1ccccc1)c1ccccc1C2=O. The molecule has 0 aromatic heterocycles. The number of hydrogen-bond acceptors (Lipinski definition) is 2. The number of allylic oxidation sites excluding steroid dienone is 1. The van der Waals surface area contributed by atoms with E-state index in [0.717, 1.165) is 34.5 Å². The van der Waals surface area contributed by atoms with E-state index in [1.807, 2.05) is 42.5 Å². The Morgan fingerprint density at radius 2 is 1.63 bits per heavy atom. The number of anilines is 1. The minimum Gasteiger partial charge on any atom is -0.382 e. The summed E-state index contributed by atoms with van der Waals surface area (Å²) in [7, 11) is 0. The summed E-state index contributed by atoms with van der Waals surface area (Å²) in [4.78, 5) is 13.0. The van der Waals surface area contributed by atoms with Crippen molar-refractivity contribution in [2.45, 2.75) is 19.8 Å². The molecule has 0 bridgehead atoms. The normalized spacial score (nSPS) is 15.5. The van der Waals surface area contributed by atoms with E-state index in [-0.39, 0.29) is 11.7 Å². The molecule has 0 spiro atoms. The number of carbonyl (C=O) groups is 1. The van der Waals surface area contributed by atoms with Gasteiger partial charge in [0.25, 0.3) is 0 Å². The molecular formula is C25H23NO. The quantitative estimate of drug-likeness (QED) is 0.614. The van der Waals surface area contributed by atoms with Crippen molar-refractivity contribution in [3.8, 4) is 0 Å². The minimum absolute atomic E-state index is 0.103. The van der Waals surface area contributed by atoms with Gasteiger partial charge in [0.2, 0.25) is 0 Å². The van der Waals surface area contributed by atoms with E-state index in [1.54, 1.807) is 0 Å². The first-order chi connectivity index (χ1) is 13.2. The Morgan fingerprint density at radius 1 is 0.889 bits per heavy atom. The van der Waals surface area contributed by atoms with E-state index in [0.29, 0.717) is 0 Å². The Labute approximate surface area is 160 Å². The number of fused-ring (bicyclic) bond motifs is 2. The lowest BCUT2D eigenvalue weighted by Crippen LogP contribution is -2.20. The smallest absolute Gasteiger partial charge is 0.193 e. The number of nitrogens with one attached hydrogen (secondary N) is 1. The highest BCUT2D eigenvalue weighted by atomic mass is 16.1. The standard InChI is InChI=1S/C25H23NO/c1-17-14-15-23-24(18(17)2)21(20-11-6-7-12-22(20)25(23)27)13-8-16-26-19-9-4-3-5-10-19/h3-15,21,26H,16H2,1-2H3/b13-8+. The molecule has 0 radical (unpaired) electrons. The zero-order valence-electron chi connectivity index (χ0n) is 15.7. The molecule has 1 N–H and O–H groups in total. The summed E-state index contributed by atoms with van der Waals surface area (Å²) in [6.07, 6.45) is 4.39. The number of aryl methyl sites for hydroxylation is 1. The third-order valence-corrected chi connectivity index (χ3v) is 5.41. The monoisotopic (exact) mass is 353 g/mol. The largest absolute Gasteiger partial charge is 0.382 e. The highest BCUT2D eigenvalue weighted by Crippen LogP contribution is 2.40. The maximum atomic E-state index is 13.0. The van der Waals surface area contributed by atoms with Gasteiger partial charge in [-0.2, -0.15) is 0 Å². The molecule has 1 unspecified atom stereocenters. The van der Waals surface area contributed by atoms with Crippen molar-refractivity contribution in [3.05, 3.63) is 112 Å². The summed E-state index contributed by atoms with van der Waals surface area (Å²) < 4.78 is 0. The Morgan fingerprint density at radius 3 is 2.44 bits per heavy atom. The Hall–Kier alpha value is -3.13. The van der Waals surface area contributed by atoms with Crippen LogP contribution in [-0.4, -0.2) is 12.3 Å². The summed E-state index contributed by atoms with van der Waals surface area (Å²) in [6, 6.07) is 22.2. The second-order valence-corrected chi connectivity index (χ2v) is 7.04. The van der Waals surface area contributed by atoms with Gasteiger partial charge in [-0.05, 0) is 48.2 Å². The molecule has 0 aliphatic heterocycles. The first-order valence-electron chi connectivity index (χ1n) is 9.36. The van der Waals surface area contributed by atoms with Crippen molar-refractivity contribution in [2.24, 2.45) is 0 Å². The lowest BCUT2D eigenvalue weighted by atomic mass is 9.74. The molecule has 134 valence electrons. The van der Waals surface area contributed by atoms with E-state index in [1.165, 1.54) is 11.1 Å². The van der Waals surface area contributed by atoms with Crippen LogP contribution in [0.5, 0.6) is 0 Å². The van der Waals surface area contributed by atoms with Crippen LogP contribution in [0.25, 0.3) is 0 Å². The maximum absolute atomic E-state index is 13.0. The van der Waals surface area contributed by atoms with E-state index < -0.39 is 0 Å². The summed E-state index contributed by atoms with van der Waals surface area (Å²) >= 11 is 0. The zero-order chi connectivity index (χ0) is 18.8. The molecule has 0 fully saturated rings. The lowest BCUT2D eigenvalue weighted by molar-refractivity contribution is 0.103. The molecule has 2 heteroatoms. The van der Waals surface area contributed by atoms with Crippen molar-refractivity contribution in [1.82, 2.24) is 0 Å². The van der Waals surface area contributed by atoms with Gasteiger partial charge in [-0.25, -0.2) is 0 Å². The fourth-order valence-electron chi connectivity index (χ4n) is 3.85. The van der Waals surface area contributed by atoms with Crippen LogP contribution in [0.4, 0.5) is 5.69 Å². The molecule has 0 heterocycles. The van der Waals surface area contributed by atoms with Gasteiger partial charge >= 0.3 is 0 Å².